The lowest BCUT2D eigenvalue weighted by atomic mass is 9.97. The van der Waals surface area contributed by atoms with E-state index in [4.69, 9.17) is 4.74 Å². The van der Waals surface area contributed by atoms with Crippen molar-refractivity contribution in [1.82, 2.24) is 4.98 Å². The standard InChI is InChI=1S/C20H23N3O3/c1-2-26-20(25)15-10-11-18(21-13-15)23-12-6-7-16(14-23)19(24)22-17-8-4-3-5-9-17/h3-5,8-11,13,16H,2,6-7,12,14H2,1H3,(H,22,24)/t16-/m1/s1. The van der Waals surface area contributed by atoms with Crippen molar-refractivity contribution in [3.05, 3.63) is 54.2 Å². The van der Waals surface area contributed by atoms with Gasteiger partial charge in [0.25, 0.3) is 0 Å². The molecule has 0 unspecified atom stereocenters. The number of ether oxygens (including phenoxy) is 1. The highest BCUT2D eigenvalue weighted by Crippen LogP contribution is 2.23. The summed E-state index contributed by atoms with van der Waals surface area (Å²) in [6.45, 7) is 3.57. The topological polar surface area (TPSA) is 71.5 Å². The van der Waals surface area contributed by atoms with Crippen LogP contribution < -0.4 is 10.2 Å². The SMILES string of the molecule is CCOC(=O)c1ccc(N2CCC[C@@H](C(=O)Nc3ccccc3)C2)nc1. The third-order valence-electron chi connectivity index (χ3n) is 4.42. The fraction of sp³-hybridized carbons (Fsp3) is 0.350. The molecule has 26 heavy (non-hydrogen) atoms. The number of hydrogen-bond acceptors (Lipinski definition) is 5. The van der Waals surface area contributed by atoms with Gasteiger partial charge in [0.1, 0.15) is 5.82 Å². The molecule has 3 rings (SSSR count). The van der Waals surface area contributed by atoms with Gasteiger partial charge < -0.3 is 15.0 Å². The van der Waals surface area contributed by atoms with Crippen LogP contribution in [0.2, 0.25) is 0 Å². The number of carbonyl (C=O) groups excluding carboxylic acids is 2. The minimum Gasteiger partial charge on any atom is -0.462 e. The van der Waals surface area contributed by atoms with E-state index >= 15 is 0 Å². The number of rotatable bonds is 5. The van der Waals surface area contributed by atoms with Crippen LogP contribution in [0.1, 0.15) is 30.1 Å². The van der Waals surface area contributed by atoms with Gasteiger partial charge in [0.15, 0.2) is 0 Å². The third kappa shape index (κ3) is 4.39. The zero-order valence-electron chi connectivity index (χ0n) is 14.9. The second kappa shape index (κ2) is 8.47. The number of piperidine rings is 1. The summed E-state index contributed by atoms with van der Waals surface area (Å²) in [7, 11) is 0. The first kappa shape index (κ1) is 17.9. The second-order valence-electron chi connectivity index (χ2n) is 6.27. The zero-order chi connectivity index (χ0) is 18.4. The number of pyridine rings is 1. The Morgan fingerprint density at radius 1 is 1.23 bits per heavy atom. The minimum absolute atomic E-state index is 0.0315. The highest BCUT2D eigenvalue weighted by molar-refractivity contribution is 5.93. The number of esters is 1. The van der Waals surface area contributed by atoms with Crippen LogP contribution >= 0.6 is 0 Å². The molecule has 2 aromatic rings. The van der Waals surface area contributed by atoms with Crippen molar-refractivity contribution >= 4 is 23.4 Å². The first-order chi connectivity index (χ1) is 12.7. The summed E-state index contributed by atoms with van der Waals surface area (Å²) in [5, 5.41) is 2.97. The summed E-state index contributed by atoms with van der Waals surface area (Å²) in [5.41, 5.74) is 1.25. The molecule has 0 saturated carbocycles. The lowest BCUT2D eigenvalue weighted by Gasteiger charge is -2.32. The van der Waals surface area contributed by atoms with Gasteiger partial charge in [-0.1, -0.05) is 18.2 Å². The minimum atomic E-state index is -0.370. The van der Waals surface area contributed by atoms with Crippen LogP contribution in [0, 0.1) is 5.92 Å². The molecule has 1 aromatic heterocycles. The molecule has 6 heteroatoms. The number of nitrogens with one attached hydrogen (secondary N) is 1. The molecule has 136 valence electrons. The summed E-state index contributed by atoms with van der Waals surface area (Å²) < 4.78 is 4.97. The van der Waals surface area contributed by atoms with Crippen molar-refractivity contribution in [2.45, 2.75) is 19.8 Å². The summed E-state index contributed by atoms with van der Waals surface area (Å²) >= 11 is 0. The van der Waals surface area contributed by atoms with Crippen LogP contribution in [0.15, 0.2) is 48.7 Å². The van der Waals surface area contributed by atoms with Crippen LogP contribution in [-0.2, 0) is 9.53 Å². The van der Waals surface area contributed by atoms with Crippen molar-refractivity contribution in [3.63, 3.8) is 0 Å². The van der Waals surface area contributed by atoms with Crippen LogP contribution in [0.25, 0.3) is 0 Å². The van der Waals surface area contributed by atoms with Crippen molar-refractivity contribution < 1.29 is 14.3 Å². The van der Waals surface area contributed by atoms with Gasteiger partial charge in [-0.2, -0.15) is 0 Å². The molecular formula is C20H23N3O3. The van der Waals surface area contributed by atoms with Gasteiger partial charge in [0.2, 0.25) is 5.91 Å². The predicted octanol–water partition coefficient (Wildman–Crippen LogP) is 3.11. The molecule has 1 N–H and O–H groups in total. The van der Waals surface area contributed by atoms with Crippen LogP contribution in [0.5, 0.6) is 0 Å². The van der Waals surface area contributed by atoms with Crippen LogP contribution in [0.3, 0.4) is 0 Å². The highest BCUT2D eigenvalue weighted by Gasteiger charge is 2.26. The van der Waals surface area contributed by atoms with Gasteiger partial charge in [0, 0.05) is 25.0 Å². The Morgan fingerprint density at radius 2 is 2.04 bits per heavy atom. The van der Waals surface area contributed by atoms with E-state index in [-0.39, 0.29) is 17.8 Å². The molecule has 0 radical (unpaired) electrons. The van der Waals surface area contributed by atoms with E-state index in [2.05, 4.69) is 15.2 Å². The van der Waals surface area contributed by atoms with Gasteiger partial charge >= 0.3 is 5.97 Å². The smallest absolute Gasteiger partial charge is 0.339 e. The Hall–Kier alpha value is -2.89. The van der Waals surface area contributed by atoms with Crippen LogP contribution in [0.4, 0.5) is 11.5 Å². The summed E-state index contributed by atoms with van der Waals surface area (Å²) in [4.78, 5) is 30.7. The number of anilines is 2. The predicted molar refractivity (Wildman–Crippen MR) is 100 cm³/mol. The molecular weight excluding hydrogens is 330 g/mol. The lowest BCUT2D eigenvalue weighted by molar-refractivity contribution is -0.120. The molecule has 1 aliphatic rings. The molecule has 6 nitrogen and oxygen atoms in total. The molecule has 0 spiro atoms. The number of nitrogens with zero attached hydrogens (tertiary/aromatic N) is 2. The van der Waals surface area contributed by atoms with Gasteiger partial charge in [-0.25, -0.2) is 9.78 Å². The fourth-order valence-corrected chi connectivity index (χ4v) is 3.07. The average molecular weight is 353 g/mol. The number of aromatic nitrogens is 1. The van der Waals surface area contributed by atoms with Crippen molar-refractivity contribution in [1.29, 1.82) is 0 Å². The molecule has 1 fully saturated rings. The van der Waals surface area contributed by atoms with E-state index in [9.17, 15) is 9.59 Å². The zero-order valence-corrected chi connectivity index (χ0v) is 14.9. The first-order valence-corrected chi connectivity index (χ1v) is 8.91. The average Bonchev–Trinajstić information content (AvgIpc) is 2.69. The van der Waals surface area contributed by atoms with E-state index in [0.717, 1.165) is 30.9 Å². The maximum atomic E-state index is 12.5. The number of carbonyl (C=O) groups is 2. The molecule has 0 bridgehead atoms. The monoisotopic (exact) mass is 353 g/mol. The number of para-hydroxylation sites is 1. The van der Waals surface area contributed by atoms with Crippen molar-refractivity contribution in [3.8, 4) is 0 Å². The molecule has 2 heterocycles. The van der Waals surface area contributed by atoms with Crippen molar-refractivity contribution in [2.24, 2.45) is 5.92 Å². The number of amides is 1. The Kier molecular flexibility index (Phi) is 5.84. The largest absolute Gasteiger partial charge is 0.462 e. The molecule has 0 aliphatic carbocycles. The third-order valence-corrected chi connectivity index (χ3v) is 4.42. The van der Waals surface area contributed by atoms with Crippen LogP contribution in [-0.4, -0.2) is 36.6 Å². The normalized spacial score (nSPS) is 16.8. The van der Waals surface area contributed by atoms with Gasteiger partial charge in [0.05, 0.1) is 18.1 Å². The van der Waals surface area contributed by atoms with Gasteiger partial charge in [-0.05, 0) is 44.0 Å². The molecule has 1 aromatic carbocycles. The van der Waals surface area contributed by atoms with E-state index in [1.165, 1.54) is 6.20 Å². The van der Waals surface area contributed by atoms with Crippen molar-refractivity contribution in [2.75, 3.05) is 29.9 Å². The molecule has 1 amide bonds. The molecule has 1 atom stereocenters. The summed E-state index contributed by atoms with van der Waals surface area (Å²) in [6.07, 6.45) is 3.31. The Morgan fingerprint density at radius 3 is 2.73 bits per heavy atom. The van der Waals surface area contributed by atoms with E-state index in [1.807, 2.05) is 36.4 Å². The maximum absolute atomic E-state index is 12.5. The summed E-state index contributed by atoms with van der Waals surface area (Å²) in [5.74, 6) is 0.347. The highest BCUT2D eigenvalue weighted by atomic mass is 16.5. The maximum Gasteiger partial charge on any atom is 0.339 e. The first-order valence-electron chi connectivity index (χ1n) is 8.91. The molecule has 1 aliphatic heterocycles. The Labute approximate surface area is 153 Å². The number of hydrogen-bond donors (Lipinski definition) is 1. The summed E-state index contributed by atoms with van der Waals surface area (Å²) in [6, 6.07) is 13.0. The van der Waals surface area contributed by atoms with Gasteiger partial charge in [-0.15, -0.1) is 0 Å². The Bertz CT molecular complexity index is 747. The lowest BCUT2D eigenvalue weighted by Crippen LogP contribution is -2.41. The second-order valence-corrected chi connectivity index (χ2v) is 6.27. The number of benzene rings is 1. The molecule has 1 saturated heterocycles. The fourth-order valence-electron chi connectivity index (χ4n) is 3.07. The van der Waals surface area contributed by atoms with E-state index in [1.54, 1.807) is 13.0 Å². The van der Waals surface area contributed by atoms with E-state index in [0.29, 0.717) is 18.7 Å². The quantitative estimate of drug-likeness (QED) is 0.836. The Balaban J connectivity index is 1.62. The van der Waals surface area contributed by atoms with E-state index < -0.39 is 0 Å². The van der Waals surface area contributed by atoms with Gasteiger partial charge in [-0.3, -0.25) is 4.79 Å².